The first-order valence-electron chi connectivity index (χ1n) is 9.35. The number of amides is 1. The molecule has 0 radical (unpaired) electrons. The molecule has 0 unspecified atom stereocenters. The molecule has 0 spiro atoms. The normalized spacial score (nSPS) is 11.9. The van der Waals surface area contributed by atoms with Crippen molar-refractivity contribution in [2.45, 2.75) is 31.9 Å². The molecular weight excluding hydrogens is 392 g/mol. The van der Waals surface area contributed by atoms with Crippen molar-refractivity contribution in [2.75, 3.05) is 18.4 Å². The van der Waals surface area contributed by atoms with Gasteiger partial charge in [-0.3, -0.25) is 4.79 Å². The molecule has 0 aliphatic heterocycles. The van der Waals surface area contributed by atoms with Gasteiger partial charge < -0.3 is 15.0 Å². The fourth-order valence-corrected chi connectivity index (χ4v) is 4.65. The molecule has 9 heteroatoms. The zero-order chi connectivity index (χ0) is 21.0. The second-order valence-corrected chi connectivity index (χ2v) is 8.36. The lowest BCUT2D eigenvalue weighted by Crippen LogP contribution is -2.30. The lowest BCUT2D eigenvalue weighted by Gasteiger charge is -2.18. The van der Waals surface area contributed by atoms with Gasteiger partial charge in [-0.05, 0) is 36.4 Å². The number of para-hydroxylation sites is 2. The Morgan fingerprint density at radius 1 is 1.10 bits per heavy atom. The number of hydrogen-bond donors (Lipinski definition) is 2. The Balaban J connectivity index is 1.75. The smallest absolute Gasteiger partial charge is 0.244 e. The van der Waals surface area contributed by atoms with E-state index in [1.807, 2.05) is 24.3 Å². The van der Waals surface area contributed by atoms with Crippen LogP contribution in [0.2, 0.25) is 0 Å². The van der Waals surface area contributed by atoms with Crippen LogP contribution in [0.25, 0.3) is 11.0 Å². The van der Waals surface area contributed by atoms with Crippen LogP contribution in [0.4, 0.5) is 5.69 Å². The van der Waals surface area contributed by atoms with Crippen LogP contribution in [-0.4, -0.2) is 46.4 Å². The van der Waals surface area contributed by atoms with E-state index < -0.39 is 10.0 Å². The quantitative estimate of drug-likeness (QED) is 0.586. The van der Waals surface area contributed by atoms with Gasteiger partial charge in [0.05, 0.1) is 15.9 Å². The molecule has 0 saturated carbocycles. The summed E-state index contributed by atoms with van der Waals surface area (Å²) in [4.78, 5) is 17.0. The number of nitrogens with zero attached hydrogens (tertiary/aromatic N) is 3. The first-order chi connectivity index (χ1) is 13.9. The van der Waals surface area contributed by atoms with Crippen molar-refractivity contribution >= 4 is 32.7 Å². The summed E-state index contributed by atoms with van der Waals surface area (Å²) in [6, 6.07) is 13.4. The second-order valence-electron chi connectivity index (χ2n) is 6.42. The van der Waals surface area contributed by atoms with Gasteiger partial charge in [-0.2, -0.15) is 4.31 Å². The van der Waals surface area contributed by atoms with Gasteiger partial charge in [0.1, 0.15) is 19.0 Å². The first-order valence-corrected chi connectivity index (χ1v) is 10.8. The van der Waals surface area contributed by atoms with Crippen molar-refractivity contribution in [3.63, 3.8) is 0 Å². The van der Waals surface area contributed by atoms with Gasteiger partial charge in [0.25, 0.3) is 0 Å². The number of rotatable bonds is 8. The Labute approximate surface area is 169 Å². The van der Waals surface area contributed by atoms with Crippen LogP contribution >= 0.6 is 0 Å². The highest BCUT2D eigenvalue weighted by Crippen LogP contribution is 2.19. The maximum absolute atomic E-state index is 12.5. The number of aromatic nitrogens is 2. The topological polar surface area (TPSA) is 105 Å². The molecule has 0 fully saturated rings. The third kappa shape index (κ3) is 4.31. The van der Waals surface area contributed by atoms with Crippen molar-refractivity contribution < 1.29 is 18.3 Å². The number of carbonyl (C=O) groups is 1. The predicted molar refractivity (Wildman–Crippen MR) is 111 cm³/mol. The summed E-state index contributed by atoms with van der Waals surface area (Å²) in [6.45, 7) is 4.06. The minimum atomic E-state index is -3.54. The zero-order valence-electron chi connectivity index (χ0n) is 16.4. The predicted octanol–water partition coefficient (Wildman–Crippen LogP) is 2.20. The van der Waals surface area contributed by atoms with Crippen LogP contribution in [-0.2, 0) is 28.0 Å². The second kappa shape index (κ2) is 8.73. The molecule has 1 aromatic heterocycles. The lowest BCUT2D eigenvalue weighted by molar-refractivity contribution is -0.116. The summed E-state index contributed by atoms with van der Waals surface area (Å²) < 4.78 is 28.1. The molecule has 0 atom stereocenters. The van der Waals surface area contributed by atoms with Gasteiger partial charge >= 0.3 is 0 Å². The Bertz CT molecular complexity index is 1100. The molecule has 0 saturated heterocycles. The standard InChI is InChI=1S/C20H24N4O4S/c1-3-23(4-2)29(27,28)16-11-9-15(10-12-16)21-20(26)13-24-18-8-6-5-7-17(18)22-19(24)14-25/h5-12,25H,3-4,13-14H2,1-2H3,(H,21,26). The molecule has 2 N–H and O–H groups in total. The molecule has 2 aromatic carbocycles. The number of carbonyl (C=O) groups excluding carboxylic acids is 1. The highest BCUT2D eigenvalue weighted by atomic mass is 32.2. The maximum Gasteiger partial charge on any atom is 0.244 e. The molecule has 0 bridgehead atoms. The van der Waals surface area contributed by atoms with E-state index in [0.29, 0.717) is 30.1 Å². The molecular formula is C20H24N4O4S. The largest absolute Gasteiger partial charge is 0.388 e. The summed E-state index contributed by atoms with van der Waals surface area (Å²) in [5.41, 5.74) is 1.95. The molecule has 3 rings (SSSR count). The third-order valence-electron chi connectivity index (χ3n) is 4.66. The number of fused-ring (bicyclic) bond motifs is 1. The minimum absolute atomic E-state index is 0.0180. The van der Waals surface area contributed by atoms with Gasteiger partial charge in [0, 0.05) is 18.8 Å². The summed E-state index contributed by atoms with van der Waals surface area (Å²) >= 11 is 0. The number of aliphatic hydroxyl groups excluding tert-OH is 1. The van der Waals surface area contributed by atoms with Gasteiger partial charge in [-0.1, -0.05) is 26.0 Å². The summed E-state index contributed by atoms with van der Waals surface area (Å²) in [6.07, 6.45) is 0. The molecule has 154 valence electrons. The summed E-state index contributed by atoms with van der Waals surface area (Å²) in [5.74, 6) is 0.101. The molecule has 29 heavy (non-hydrogen) atoms. The summed E-state index contributed by atoms with van der Waals surface area (Å²) in [5, 5.41) is 12.3. The minimum Gasteiger partial charge on any atom is -0.388 e. The van der Waals surface area contributed by atoms with Crippen LogP contribution in [0.3, 0.4) is 0 Å². The molecule has 0 aliphatic rings. The number of hydrogen-bond acceptors (Lipinski definition) is 5. The molecule has 1 heterocycles. The lowest BCUT2D eigenvalue weighted by atomic mass is 10.3. The van der Waals surface area contributed by atoms with Gasteiger partial charge in [-0.25, -0.2) is 13.4 Å². The van der Waals surface area contributed by atoms with Crippen LogP contribution < -0.4 is 5.32 Å². The van der Waals surface area contributed by atoms with Crippen molar-refractivity contribution in [3.05, 3.63) is 54.4 Å². The number of anilines is 1. The van der Waals surface area contributed by atoms with Crippen LogP contribution in [0.5, 0.6) is 0 Å². The average Bonchev–Trinajstić information content (AvgIpc) is 3.06. The van der Waals surface area contributed by atoms with Gasteiger partial charge in [0.2, 0.25) is 15.9 Å². The van der Waals surface area contributed by atoms with E-state index in [0.717, 1.165) is 5.52 Å². The Kier molecular flexibility index (Phi) is 6.31. The Hall–Kier alpha value is -2.75. The van der Waals surface area contributed by atoms with E-state index >= 15 is 0 Å². The van der Waals surface area contributed by atoms with Gasteiger partial charge in [0.15, 0.2) is 0 Å². The molecule has 3 aromatic rings. The number of aliphatic hydroxyl groups is 1. The Morgan fingerprint density at radius 2 is 1.76 bits per heavy atom. The van der Waals surface area contributed by atoms with E-state index in [1.165, 1.54) is 16.4 Å². The summed E-state index contributed by atoms with van der Waals surface area (Å²) in [7, 11) is -3.54. The highest BCUT2D eigenvalue weighted by molar-refractivity contribution is 7.89. The van der Waals surface area contributed by atoms with E-state index in [9.17, 15) is 18.3 Å². The van der Waals surface area contributed by atoms with Crippen LogP contribution in [0.1, 0.15) is 19.7 Å². The van der Waals surface area contributed by atoms with Crippen molar-refractivity contribution in [1.82, 2.24) is 13.9 Å². The monoisotopic (exact) mass is 416 g/mol. The Morgan fingerprint density at radius 3 is 2.38 bits per heavy atom. The number of benzene rings is 2. The van der Waals surface area contributed by atoms with E-state index in [2.05, 4.69) is 10.3 Å². The third-order valence-corrected chi connectivity index (χ3v) is 6.72. The first kappa shape index (κ1) is 21.0. The fourth-order valence-electron chi connectivity index (χ4n) is 3.19. The maximum atomic E-state index is 12.5. The average molecular weight is 417 g/mol. The van der Waals surface area contributed by atoms with Crippen molar-refractivity contribution in [2.24, 2.45) is 0 Å². The van der Waals surface area contributed by atoms with Gasteiger partial charge in [-0.15, -0.1) is 0 Å². The van der Waals surface area contributed by atoms with E-state index in [-0.39, 0.29) is 24.0 Å². The molecule has 8 nitrogen and oxygen atoms in total. The number of imidazole rings is 1. The van der Waals surface area contributed by atoms with Crippen molar-refractivity contribution in [1.29, 1.82) is 0 Å². The SMILES string of the molecule is CCN(CC)S(=O)(=O)c1ccc(NC(=O)Cn2c(CO)nc3ccccc32)cc1. The molecule has 0 aliphatic carbocycles. The fraction of sp³-hybridized carbons (Fsp3) is 0.300. The zero-order valence-corrected chi connectivity index (χ0v) is 17.2. The van der Waals surface area contributed by atoms with E-state index in [1.54, 1.807) is 30.5 Å². The highest BCUT2D eigenvalue weighted by Gasteiger charge is 2.21. The van der Waals surface area contributed by atoms with Crippen LogP contribution in [0.15, 0.2) is 53.4 Å². The number of nitrogens with one attached hydrogen (secondary N) is 1. The number of sulfonamides is 1. The molecule has 1 amide bonds. The van der Waals surface area contributed by atoms with E-state index in [4.69, 9.17) is 0 Å². The van der Waals surface area contributed by atoms with Crippen LogP contribution in [0, 0.1) is 0 Å². The van der Waals surface area contributed by atoms with Crippen molar-refractivity contribution in [3.8, 4) is 0 Å².